The summed E-state index contributed by atoms with van der Waals surface area (Å²) in [4.78, 5) is 40.3. The summed E-state index contributed by atoms with van der Waals surface area (Å²) in [7, 11) is 0. The smallest absolute Gasteiger partial charge is 0.225 e. The molecule has 6 nitrogen and oxygen atoms in total. The Kier molecular flexibility index (Phi) is 7.26. The molecule has 0 saturated carbocycles. The second-order valence-corrected chi connectivity index (χ2v) is 7.79. The Labute approximate surface area is 151 Å². The largest absolute Gasteiger partial charge is 0.353 e. The molecular weight excluding hydrogens is 318 g/mol. The molecule has 0 radical (unpaired) electrons. The fourth-order valence-corrected chi connectivity index (χ4v) is 3.71. The van der Waals surface area contributed by atoms with E-state index < -0.39 is 0 Å². The molecular formula is C19H33N3O3. The van der Waals surface area contributed by atoms with Crippen LogP contribution in [0.2, 0.25) is 0 Å². The van der Waals surface area contributed by atoms with Gasteiger partial charge in [-0.3, -0.25) is 14.4 Å². The summed E-state index contributed by atoms with van der Waals surface area (Å²) in [6, 6.07) is 0.146. The number of piperidine rings is 2. The second-order valence-electron chi connectivity index (χ2n) is 7.79. The minimum Gasteiger partial charge on any atom is -0.353 e. The van der Waals surface area contributed by atoms with Gasteiger partial charge in [-0.25, -0.2) is 0 Å². The van der Waals surface area contributed by atoms with Gasteiger partial charge >= 0.3 is 0 Å². The average molecular weight is 351 g/mol. The lowest BCUT2D eigenvalue weighted by atomic mass is 9.95. The van der Waals surface area contributed by atoms with Crippen molar-refractivity contribution in [1.82, 2.24) is 15.1 Å². The predicted octanol–water partition coefficient (Wildman–Crippen LogP) is 1.79. The molecule has 0 bridgehead atoms. The molecule has 2 heterocycles. The van der Waals surface area contributed by atoms with Crippen molar-refractivity contribution in [2.75, 3.05) is 26.2 Å². The van der Waals surface area contributed by atoms with Gasteiger partial charge in [0.2, 0.25) is 17.7 Å². The Bertz CT molecular complexity index is 484. The molecule has 1 unspecified atom stereocenters. The second kappa shape index (κ2) is 9.20. The zero-order chi connectivity index (χ0) is 18.4. The Balaban J connectivity index is 1.76. The van der Waals surface area contributed by atoms with Gasteiger partial charge in [-0.2, -0.15) is 0 Å². The Morgan fingerprint density at radius 2 is 1.68 bits per heavy atom. The molecule has 25 heavy (non-hydrogen) atoms. The van der Waals surface area contributed by atoms with Gasteiger partial charge in [-0.15, -0.1) is 0 Å². The normalized spacial score (nSPS) is 22.2. The van der Waals surface area contributed by atoms with Gasteiger partial charge in [0.25, 0.3) is 0 Å². The van der Waals surface area contributed by atoms with Gasteiger partial charge in [0.1, 0.15) is 0 Å². The summed E-state index contributed by atoms with van der Waals surface area (Å²) in [5.74, 6) is 0.714. The van der Waals surface area contributed by atoms with Crippen molar-refractivity contribution in [2.45, 2.75) is 65.3 Å². The van der Waals surface area contributed by atoms with Crippen LogP contribution in [0.1, 0.15) is 59.3 Å². The molecule has 2 fully saturated rings. The maximum Gasteiger partial charge on any atom is 0.225 e. The maximum absolute atomic E-state index is 12.6. The van der Waals surface area contributed by atoms with E-state index in [-0.39, 0.29) is 29.7 Å². The Morgan fingerprint density at radius 3 is 2.28 bits per heavy atom. The Morgan fingerprint density at radius 1 is 1.00 bits per heavy atom. The lowest BCUT2D eigenvalue weighted by molar-refractivity contribution is -0.135. The summed E-state index contributed by atoms with van der Waals surface area (Å²) in [5.41, 5.74) is 0. The number of carbonyl (C=O) groups is 3. The molecule has 0 spiro atoms. The highest BCUT2D eigenvalue weighted by molar-refractivity contribution is 5.81. The van der Waals surface area contributed by atoms with Gasteiger partial charge in [0.15, 0.2) is 0 Å². The van der Waals surface area contributed by atoms with E-state index in [1.807, 2.05) is 16.7 Å². The van der Waals surface area contributed by atoms with Crippen LogP contribution in [0.25, 0.3) is 0 Å². The molecule has 2 rings (SSSR count). The zero-order valence-electron chi connectivity index (χ0n) is 15.9. The molecule has 0 aromatic carbocycles. The summed E-state index contributed by atoms with van der Waals surface area (Å²) in [5, 5.41) is 3.15. The number of likely N-dealkylation sites (tertiary alicyclic amines) is 2. The average Bonchev–Trinajstić information content (AvgIpc) is 2.61. The SMILES string of the molecule is CCC(=O)N1CCCC(C(=O)NC2CCN(C(=O)CC(C)C)CC2)C1. The van der Waals surface area contributed by atoms with E-state index in [0.29, 0.717) is 25.3 Å². The standard InChI is InChI=1S/C19H33N3O3/c1-4-17(23)22-9-5-6-15(13-22)19(25)20-16-7-10-21(11-8-16)18(24)12-14(2)3/h14-16H,4-13H2,1-3H3,(H,20,25). The molecule has 2 saturated heterocycles. The monoisotopic (exact) mass is 351 g/mol. The Hall–Kier alpha value is -1.59. The van der Waals surface area contributed by atoms with E-state index in [0.717, 1.165) is 45.3 Å². The number of nitrogens with zero attached hydrogens (tertiary/aromatic N) is 2. The number of rotatable bonds is 5. The lowest BCUT2D eigenvalue weighted by Gasteiger charge is -2.35. The van der Waals surface area contributed by atoms with Crippen LogP contribution in [0.3, 0.4) is 0 Å². The van der Waals surface area contributed by atoms with Crippen LogP contribution in [-0.4, -0.2) is 59.7 Å². The summed E-state index contributed by atoms with van der Waals surface area (Å²) < 4.78 is 0. The fraction of sp³-hybridized carbons (Fsp3) is 0.842. The maximum atomic E-state index is 12.6. The minimum atomic E-state index is -0.0927. The molecule has 6 heteroatoms. The van der Waals surface area contributed by atoms with Crippen molar-refractivity contribution < 1.29 is 14.4 Å². The highest BCUT2D eigenvalue weighted by atomic mass is 16.2. The third-order valence-corrected chi connectivity index (χ3v) is 5.22. The quantitative estimate of drug-likeness (QED) is 0.821. The first kappa shape index (κ1) is 19.7. The van der Waals surface area contributed by atoms with Crippen LogP contribution in [0, 0.1) is 11.8 Å². The minimum absolute atomic E-state index is 0.0700. The van der Waals surface area contributed by atoms with Crippen molar-refractivity contribution in [1.29, 1.82) is 0 Å². The van der Waals surface area contributed by atoms with Crippen molar-refractivity contribution in [2.24, 2.45) is 11.8 Å². The molecule has 1 atom stereocenters. The van der Waals surface area contributed by atoms with Crippen molar-refractivity contribution in [3.63, 3.8) is 0 Å². The fourth-order valence-electron chi connectivity index (χ4n) is 3.71. The first-order valence-electron chi connectivity index (χ1n) is 9.76. The number of hydrogen-bond donors (Lipinski definition) is 1. The van der Waals surface area contributed by atoms with Gasteiger partial charge < -0.3 is 15.1 Å². The first-order valence-corrected chi connectivity index (χ1v) is 9.76. The van der Waals surface area contributed by atoms with Crippen molar-refractivity contribution in [3.8, 4) is 0 Å². The van der Waals surface area contributed by atoms with Crippen LogP contribution in [-0.2, 0) is 14.4 Å². The summed E-state index contributed by atoms with van der Waals surface area (Å²) in [6.07, 6.45) is 4.48. The summed E-state index contributed by atoms with van der Waals surface area (Å²) >= 11 is 0. The van der Waals surface area contributed by atoms with Gasteiger partial charge in [-0.1, -0.05) is 20.8 Å². The van der Waals surface area contributed by atoms with Crippen LogP contribution in [0.15, 0.2) is 0 Å². The first-order chi connectivity index (χ1) is 11.9. The molecule has 3 amide bonds. The third-order valence-electron chi connectivity index (χ3n) is 5.22. The molecule has 0 aromatic heterocycles. The van der Waals surface area contributed by atoms with Gasteiger partial charge in [0, 0.05) is 45.1 Å². The molecule has 1 N–H and O–H groups in total. The van der Waals surface area contributed by atoms with E-state index in [1.165, 1.54) is 0 Å². The highest BCUT2D eigenvalue weighted by Crippen LogP contribution is 2.19. The van der Waals surface area contributed by atoms with E-state index in [9.17, 15) is 14.4 Å². The van der Waals surface area contributed by atoms with E-state index in [2.05, 4.69) is 19.2 Å². The van der Waals surface area contributed by atoms with Crippen LogP contribution >= 0.6 is 0 Å². The van der Waals surface area contributed by atoms with E-state index in [4.69, 9.17) is 0 Å². The van der Waals surface area contributed by atoms with Crippen molar-refractivity contribution >= 4 is 17.7 Å². The molecule has 0 aromatic rings. The zero-order valence-corrected chi connectivity index (χ0v) is 15.9. The lowest BCUT2D eigenvalue weighted by Crippen LogP contribution is -2.50. The van der Waals surface area contributed by atoms with E-state index in [1.54, 1.807) is 0 Å². The molecule has 142 valence electrons. The molecule has 2 aliphatic rings. The summed E-state index contributed by atoms with van der Waals surface area (Å²) in [6.45, 7) is 8.74. The van der Waals surface area contributed by atoms with Gasteiger partial charge in [-0.05, 0) is 31.6 Å². The number of hydrogen-bond acceptors (Lipinski definition) is 3. The third kappa shape index (κ3) is 5.72. The number of nitrogens with one attached hydrogen (secondary N) is 1. The number of amides is 3. The predicted molar refractivity (Wildman–Crippen MR) is 96.8 cm³/mol. The van der Waals surface area contributed by atoms with Gasteiger partial charge in [0.05, 0.1) is 5.92 Å². The van der Waals surface area contributed by atoms with Crippen LogP contribution in [0.5, 0.6) is 0 Å². The molecule has 2 aliphatic heterocycles. The van der Waals surface area contributed by atoms with Crippen LogP contribution in [0.4, 0.5) is 0 Å². The highest BCUT2D eigenvalue weighted by Gasteiger charge is 2.30. The van der Waals surface area contributed by atoms with Crippen molar-refractivity contribution in [3.05, 3.63) is 0 Å². The molecule has 0 aliphatic carbocycles. The topological polar surface area (TPSA) is 69.7 Å². The van der Waals surface area contributed by atoms with E-state index >= 15 is 0 Å². The number of carbonyl (C=O) groups excluding carboxylic acids is 3. The van der Waals surface area contributed by atoms with Crippen LogP contribution < -0.4 is 5.32 Å².